The molecule has 0 aliphatic carbocycles. The van der Waals surface area contributed by atoms with Crippen molar-refractivity contribution in [2.24, 2.45) is 5.84 Å². The molecule has 76 valence electrons. The highest BCUT2D eigenvalue weighted by Gasteiger charge is 2.08. The van der Waals surface area contributed by atoms with Crippen LogP contribution in [0.2, 0.25) is 0 Å². The molecule has 5 heteroatoms. The lowest BCUT2D eigenvalue weighted by Crippen LogP contribution is -2.29. The lowest BCUT2D eigenvalue weighted by molar-refractivity contribution is 0.0953. The zero-order valence-corrected chi connectivity index (χ0v) is 7.78. The van der Waals surface area contributed by atoms with Gasteiger partial charge in [-0.1, -0.05) is 0 Å². The fourth-order valence-electron chi connectivity index (χ4n) is 1.01. The number of ether oxygens (including phenoxy) is 1. The first-order valence-electron chi connectivity index (χ1n) is 4.15. The molecule has 14 heavy (non-hydrogen) atoms. The maximum Gasteiger partial charge on any atom is 0.265 e. The van der Waals surface area contributed by atoms with E-state index in [-0.39, 0.29) is 11.5 Å². The number of aromatic hydroxyl groups is 1. The van der Waals surface area contributed by atoms with E-state index in [0.717, 1.165) is 0 Å². The van der Waals surface area contributed by atoms with Gasteiger partial charge in [0.25, 0.3) is 5.91 Å². The third kappa shape index (κ3) is 2.14. The Balaban J connectivity index is 2.99. The summed E-state index contributed by atoms with van der Waals surface area (Å²) in [7, 11) is 0. The lowest BCUT2D eigenvalue weighted by Gasteiger charge is -2.07. The van der Waals surface area contributed by atoms with E-state index in [1.807, 2.05) is 5.43 Å². The van der Waals surface area contributed by atoms with Crippen molar-refractivity contribution in [3.63, 3.8) is 0 Å². The Kier molecular flexibility index (Phi) is 3.30. The number of hydrogen-bond donors (Lipinski definition) is 3. The number of nitrogens with two attached hydrogens (primary N) is 1. The molecule has 1 aromatic carbocycles. The SMILES string of the molecule is CCOc1cc(C(=O)NN)ccc1O. The number of carbonyl (C=O) groups excluding carboxylic acids is 1. The van der Waals surface area contributed by atoms with Crippen molar-refractivity contribution >= 4 is 5.91 Å². The second kappa shape index (κ2) is 4.48. The minimum atomic E-state index is -0.425. The summed E-state index contributed by atoms with van der Waals surface area (Å²) in [5, 5.41) is 9.33. The molecule has 0 fully saturated rings. The smallest absolute Gasteiger partial charge is 0.265 e. The van der Waals surface area contributed by atoms with Crippen LogP contribution in [0, 0.1) is 0 Å². The number of benzene rings is 1. The molecule has 4 N–H and O–H groups in total. The summed E-state index contributed by atoms with van der Waals surface area (Å²) in [4.78, 5) is 11.1. The number of amides is 1. The van der Waals surface area contributed by atoms with Gasteiger partial charge in [-0.25, -0.2) is 5.84 Å². The number of nitrogen functional groups attached to an aromatic ring is 1. The van der Waals surface area contributed by atoms with Crippen LogP contribution in [0.25, 0.3) is 0 Å². The average Bonchev–Trinajstić information content (AvgIpc) is 2.20. The number of rotatable bonds is 3. The van der Waals surface area contributed by atoms with Gasteiger partial charge < -0.3 is 9.84 Å². The molecular formula is C9H12N2O3. The summed E-state index contributed by atoms with van der Waals surface area (Å²) < 4.78 is 5.10. The number of hydrazine groups is 1. The normalized spacial score (nSPS) is 9.57. The highest BCUT2D eigenvalue weighted by molar-refractivity contribution is 5.94. The number of carbonyl (C=O) groups is 1. The van der Waals surface area contributed by atoms with Crippen molar-refractivity contribution in [3.05, 3.63) is 23.8 Å². The third-order valence-electron chi connectivity index (χ3n) is 1.65. The molecule has 5 nitrogen and oxygen atoms in total. The van der Waals surface area contributed by atoms with Gasteiger partial charge in [0.15, 0.2) is 11.5 Å². The van der Waals surface area contributed by atoms with Gasteiger partial charge in [-0.15, -0.1) is 0 Å². The zero-order valence-electron chi connectivity index (χ0n) is 7.78. The first-order valence-corrected chi connectivity index (χ1v) is 4.15. The Morgan fingerprint density at radius 2 is 2.36 bits per heavy atom. The maximum atomic E-state index is 11.1. The molecule has 0 unspecified atom stereocenters. The van der Waals surface area contributed by atoms with E-state index in [2.05, 4.69) is 0 Å². The number of hydrogen-bond acceptors (Lipinski definition) is 4. The van der Waals surface area contributed by atoms with Crippen molar-refractivity contribution in [2.75, 3.05) is 6.61 Å². The van der Waals surface area contributed by atoms with Crippen LogP contribution in [-0.2, 0) is 0 Å². The van der Waals surface area contributed by atoms with Crippen molar-refractivity contribution in [3.8, 4) is 11.5 Å². The Bertz CT molecular complexity index is 339. The molecule has 0 spiro atoms. The highest BCUT2D eigenvalue weighted by atomic mass is 16.5. The summed E-state index contributed by atoms with van der Waals surface area (Å²) in [5.41, 5.74) is 2.34. The number of phenols is 1. The summed E-state index contributed by atoms with van der Waals surface area (Å²) in [5.74, 6) is 4.81. The molecule has 1 aromatic rings. The molecule has 1 amide bonds. The van der Waals surface area contributed by atoms with Crippen molar-refractivity contribution in [2.45, 2.75) is 6.92 Å². The van der Waals surface area contributed by atoms with Crippen molar-refractivity contribution < 1.29 is 14.6 Å². The number of phenolic OH excluding ortho intramolecular Hbond substituents is 1. The molecule has 0 aromatic heterocycles. The average molecular weight is 196 g/mol. The predicted octanol–water partition coefficient (Wildman–Crippen LogP) is 0.394. The van der Waals surface area contributed by atoms with E-state index in [0.29, 0.717) is 12.2 Å². The quantitative estimate of drug-likeness (QED) is 0.371. The Morgan fingerprint density at radius 1 is 1.64 bits per heavy atom. The molecule has 0 atom stereocenters. The highest BCUT2D eigenvalue weighted by Crippen LogP contribution is 2.26. The van der Waals surface area contributed by atoms with Crippen LogP contribution in [-0.4, -0.2) is 17.6 Å². The van der Waals surface area contributed by atoms with Crippen LogP contribution in [0.5, 0.6) is 11.5 Å². The van der Waals surface area contributed by atoms with Crippen LogP contribution < -0.4 is 16.0 Å². The van der Waals surface area contributed by atoms with Crippen LogP contribution in [0.15, 0.2) is 18.2 Å². The van der Waals surface area contributed by atoms with Gasteiger partial charge >= 0.3 is 0 Å². The monoisotopic (exact) mass is 196 g/mol. The summed E-state index contributed by atoms with van der Waals surface area (Å²) in [6.07, 6.45) is 0. The molecular weight excluding hydrogens is 184 g/mol. The first-order chi connectivity index (χ1) is 6.69. The van der Waals surface area contributed by atoms with Gasteiger partial charge in [0.05, 0.1) is 6.61 Å². The molecule has 0 aliphatic rings. The molecule has 0 saturated carbocycles. The third-order valence-corrected chi connectivity index (χ3v) is 1.65. The van der Waals surface area contributed by atoms with Gasteiger partial charge in [-0.3, -0.25) is 10.2 Å². The zero-order chi connectivity index (χ0) is 10.6. The van der Waals surface area contributed by atoms with E-state index in [1.165, 1.54) is 18.2 Å². The van der Waals surface area contributed by atoms with E-state index in [1.54, 1.807) is 6.92 Å². The molecule has 0 heterocycles. The second-order valence-electron chi connectivity index (χ2n) is 2.59. The van der Waals surface area contributed by atoms with Crippen LogP contribution in [0.3, 0.4) is 0 Å². The van der Waals surface area contributed by atoms with Crippen molar-refractivity contribution in [1.29, 1.82) is 0 Å². The standard InChI is InChI=1S/C9H12N2O3/c1-2-14-8-5-6(9(13)11-10)3-4-7(8)12/h3-5,12H,2,10H2,1H3,(H,11,13). The fraction of sp³-hybridized carbons (Fsp3) is 0.222. The molecule has 0 bridgehead atoms. The van der Waals surface area contributed by atoms with Gasteiger partial charge in [0, 0.05) is 5.56 Å². The van der Waals surface area contributed by atoms with Gasteiger partial charge in [-0.05, 0) is 25.1 Å². The second-order valence-corrected chi connectivity index (χ2v) is 2.59. The molecule has 0 radical (unpaired) electrons. The van der Waals surface area contributed by atoms with Crippen LogP contribution >= 0.6 is 0 Å². The summed E-state index contributed by atoms with van der Waals surface area (Å²) in [6.45, 7) is 2.20. The van der Waals surface area contributed by atoms with E-state index >= 15 is 0 Å². The van der Waals surface area contributed by atoms with E-state index < -0.39 is 5.91 Å². The Labute approximate surface area is 81.5 Å². The van der Waals surface area contributed by atoms with Crippen molar-refractivity contribution in [1.82, 2.24) is 5.43 Å². The van der Waals surface area contributed by atoms with E-state index in [4.69, 9.17) is 10.6 Å². The number of nitrogens with one attached hydrogen (secondary N) is 1. The van der Waals surface area contributed by atoms with E-state index in [9.17, 15) is 9.90 Å². The predicted molar refractivity (Wildman–Crippen MR) is 50.9 cm³/mol. The van der Waals surface area contributed by atoms with Crippen LogP contribution in [0.1, 0.15) is 17.3 Å². The molecule has 1 rings (SSSR count). The topological polar surface area (TPSA) is 84.6 Å². The largest absolute Gasteiger partial charge is 0.504 e. The maximum absolute atomic E-state index is 11.1. The first kappa shape index (κ1) is 10.3. The van der Waals surface area contributed by atoms with Crippen LogP contribution in [0.4, 0.5) is 0 Å². The molecule has 0 aliphatic heterocycles. The molecule has 0 saturated heterocycles. The fourth-order valence-corrected chi connectivity index (χ4v) is 1.01. The van der Waals surface area contributed by atoms with Gasteiger partial charge in [-0.2, -0.15) is 0 Å². The lowest BCUT2D eigenvalue weighted by atomic mass is 10.2. The summed E-state index contributed by atoms with van der Waals surface area (Å²) >= 11 is 0. The van der Waals surface area contributed by atoms with Gasteiger partial charge in [0.2, 0.25) is 0 Å². The Morgan fingerprint density at radius 3 is 2.93 bits per heavy atom. The Hall–Kier alpha value is -1.75. The van der Waals surface area contributed by atoms with Gasteiger partial charge in [0.1, 0.15) is 0 Å². The minimum Gasteiger partial charge on any atom is -0.504 e. The summed E-state index contributed by atoms with van der Waals surface area (Å²) in [6, 6.07) is 4.27. The minimum absolute atomic E-state index is 0.000390.